The zero-order chi connectivity index (χ0) is 19.6. The third-order valence-electron chi connectivity index (χ3n) is 5.68. The summed E-state index contributed by atoms with van der Waals surface area (Å²) in [4.78, 5) is 7.63. The van der Waals surface area contributed by atoms with Crippen molar-refractivity contribution in [1.29, 1.82) is 0 Å². The molecule has 4 rings (SSSR count). The van der Waals surface area contributed by atoms with Gasteiger partial charge in [-0.2, -0.15) is 0 Å². The van der Waals surface area contributed by atoms with E-state index in [0.717, 1.165) is 31.8 Å². The molecule has 0 bridgehead atoms. The lowest BCUT2D eigenvalue weighted by Gasteiger charge is -2.30. The van der Waals surface area contributed by atoms with Crippen LogP contribution in [0.2, 0.25) is 0 Å². The second-order valence-corrected chi connectivity index (χ2v) is 9.47. The minimum absolute atomic E-state index is 0.240. The Morgan fingerprint density at radius 1 is 1.00 bits per heavy atom. The van der Waals surface area contributed by atoms with Crippen molar-refractivity contribution < 1.29 is 4.74 Å². The molecule has 0 amide bonds. The van der Waals surface area contributed by atoms with Crippen LogP contribution in [-0.2, 0) is 11.2 Å². The molecule has 2 aliphatic heterocycles. The molecule has 0 N–H and O–H groups in total. The summed E-state index contributed by atoms with van der Waals surface area (Å²) in [5.74, 6) is 1.51. The Hall–Kier alpha value is -2.13. The number of hydrogen-bond acceptors (Lipinski definition) is 3. The molecular formula is C25H32N2O. The van der Waals surface area contributed by atoms with Crippen LogP contribution in [-0.4, -0.2) is 42.6 Å². The SMILES string of the molecule is CC(C)(C)CN1CC(c2ccccc2)CC1C1=NC(Cc2ccccc2)CO1. The molecule has 0 radical (unpaired) electrons. The Kier molecular flexibility index (Phi) is 5.54. The van der Waals surface area contributed by atoms with Crippen molar-refractivity contribution in [3.8, 4) is 0 Å². The fourth-order valence-corrected chi connectivity index (χ4v) is 4.52. The van der Waals surface area contributed by atoms with Gasteiger partial charge in [0.15, 0.2) is 0 Å². The Morgan fingerprint density at radius 3 is 2.36 bits per heavy atom. The van der Waals surface area contributed by atoms with E-state index < -0.39 is 0 Å². The standard InChI is InChI=1S/C25H32N2O/c1-25(2,3)18-27-16-21(20-12-8-5-9-13-20)15-23(27)24-26-22(17-28-24)14-19-10-6-4-7-11-19/h4-13,21-23H,14-18H2,1-3H3. The molecular weight excluding hydrogens is 344 g/mol. The highest BCUT2D eigenvalue weighted by Gasteiger charge is 2.40. The summed E-state index contributed by atoms with van der Waals surface area (Å²) < 4.78 is 6.16. The maximum Gasteiger partial charge on any atom is 0.201 e. The molecule has 148 valence electrons. The summed E-state index contributed by atoms with van der Waals surface area (Å²) in [7, 11) is 0. The van der Waals surface area contributed by atoms with Gasteiger partial charge >= 0.3 is 0 Å². The minimum Gasteiger partial charge on any atom is -0.478 e. The number of ether oxygens (including phenoxy) is 1. The van der Waals surface area contributed by atoms with Crippen molar-refractivity contribution in [3.05, 3.63) is 71.8 Å². The van der Waals surface area contributed by atoms with Crippen molar-refractivity contribution in [3.63, 3.8) is 0 Å². The average Bonchev–Trinajstić information content (AvgIpc) is 3.29. The van der Waals surface area contributed by atoms with Crippen LogP contribution in [0.5, 0.6) is 0 Å². The molecule has 1 saturated heterocycles. The van der Waals surface area contributed by atoms with E-state index in [2.05, 4.69) is 86.3 Å². The van der Waals surface area contributed by atoms with Crippen molar-refractivity contribution in [2.24, 2.45) is 10.4 Å². The molecule has 0 aliphatic carbocycles. The van der Waals surface area contributed by atoms with Crippen LogP contribution >= 0.6 is 0 Å². The fourth-order valence-electron chi connectivity index (χ4n) is 4.52. The van der Waals surface area contributed by atoms with Crippen LogP contribution in [0.4, 0.5) is 0 Å². The number of benzene rings is 2. The smallest absolute Gasteiger partial charge is 0.201 e. The predicted molar refractivity (Wildman–Crippen MR) is 116 cm³/mol. The van der Waals surface area contributed by atoms with E-state index in [1.807, 2.05) is 0 Å². The van der Waals surface area contributed by atoms with E-state index in [9.17, 15) is 0 Å². The first-order valence-electron chi connectivity index (χ1n) is 10.5. The van der Waals surface area contributed by atoms with Gasteiger partial charge in [-0.3, -0.25) is 4.90 Å². The van der Waals surface area contributed by atoms with Gasteiger partial charge in [-0.1, -0.05) is 81.4 Å². The van der Waals surface area contributed by atoms with Crippen molar-refractivity contribution in [2.75, 3.05) is 19.7 Å². The lowest BCUT2D eigenvalue weighted by molar-refractivity contribution is 0.187. The maximum absolute atomic E-state index is 6.16. The summed E-state index contributed by atoms with van der Waals surface area (Å²) in [6, 6.07) is 22.1. The largest absolute Gasteiger partial charge is 0.478 e. The van der Waals surface area contributed by atoms with E-state index in [1.54, 1.807) is 0 Å². The lowest BCUT2D eigenvalue weighted by atomic mass is 9.95. The van der Waals surface area contributed by atoms with Crippen molar-refractivity contribution in [2.45, 2.75) is 51.6 Å². The van der Waals surface area contributed by atoms with E-state index in [1.165, 1.54) is 11.1 Å². The van der Waals surface area contributed by atoms with Crippen molar-refractivity contribution in [1.82, 2.24) is 4.90 Å². The average molecular weight is 377 g/mol. The molecule has 28 heavy (non-hydrogen) atoms. The van der Waals surface area contributed by atoms with Gasteiger partial charge < -0.3 is 4.74 Å². The Labute approximate surface area is 169 Å². The summed E-state index contributed by atoms with van der Waals surface area (Å²) >= 11 is 0. The monoisotopic (exact) mass is 376 g/mol. The highest BCUT2D eigenvalue weighted by molar-refractivity contribution is 5.84. The van der Waals surface area contributed by atoms with Crippen LogP contribution in [0.15, 0.2) is 65.7 Å². The molecule has 2 heterocycles. The number of aliphatic imine (C=N–C) groups is 1. The molecule has 0 saturated carbocycles. The number of hydrogen-bond donors (Lipinski definition) is 0. The van der Waals surface area contributed by atoms with Gasteiger partial charge in [-0.15, -0.1) is 0 Å². The highest BCUT2D eigenvalue weighted by atomic mass is 16.5. The fraction of sp³-hybridized carbons (Fsp3) is 0.480. The third kappa shape index (κ3) is 4.64. The van der Waals surface area contributed by atoms with Gasteiger partial charge in [0, 0.05) is 13.1 Å². The maximum atomic E-state index is 6.16. The Bertz CT molecular complexity index is 794. The second kappa shape index (κ2) is 8.08. The Balaban J connectivity index is 1.51. The van der Waals surface area contributed by atoms with Gasteiger partial charge in [-0.05, 0) is 35.3 Å². The molecule has 1 fully saturated rings. The first kappa shape index (κ1) is 19.2. The number of nitrogens with zero attached hydrogens (tertiary/aromatic N) is 2. The zero-order valence-electron chi connectivity index (χ0n) is 17.3. The van der Waals surface area contributed by atoms with Gasteiger partial charge in [0.1, 0.15) is 6.61 Å². The zero-order valence-corrected chi connectivity index (χ0v) is 17.3. The van der Waals surface area contributed by atoms with Crippen LogP contribution in [0, 0.1) is 5.41 Å². The van der Waals surface area contributed by atoms with E-state index >= 15 is 0 Å². The Morgan fingerprint density at radius 2 is 1.68 bits per heavy atom. The molecule has 3 heteroatoms. The normalized spacial score (nSPS) is 25.5. The molecule has 3 atom stereocenters. The molecule has 2 aliphatic rings. The van der Waals surface area contributed by atoms with Crippen LogP contribution in [0.1, 0.15) is 44.2 Å². The summed E-state index contributed by atoms with van der Waals surface area (Å²) in [5.41, 5.74) is 3.02. The molecule has 3 unspecified atom stereocenters. The molecule has 0 aromatic heterocycles. The minimum atomic E-state index is 0.240. The van der Waals surface area contributed by atoms with Gasteiger partial charge in [0.2, 0.25) is 5.90 Å². The highest BCUT2D eigenvalue weighted by Crippen LogP contribution is 2.35. The van der Waals surface area contributed by atoms with Gasteiger partial charge in [0.05, 0.1) is 12.1 Å². The predicted octanol–water partition coefficient (Wildman–Crippen LogP) is 4.93. The second-order valence-electron chi connectivity index (χ2n) is 9.47. The molecule has 3 nitrogen and oxygen atoms in total. The van der Waals surface area contributed by atoms with Gasteiger partial charge in [-0.25, -0.2) is 4.99 Å². The number of rotatable bonds is 5. The summed E-state index contributed by atoms with van der Waals surface area (Å²) in [5, 5.41) is 0. The molecule has 2 aromatic rings. The molecule has 0 spiro atoms. The topological polar surface area (TPSA) is 24.8 Å². The van der Waals surface area contributed by atoms with Crippen LogP contribution < -0.4 is 0 Å². The van der Waals surface area contributed by atoms with Crippen LogP contribution in [0.3, 0.4) is 0 Å². The van der Waals surface area contributed by atoms with E-state index in [-0.39, 0.29) is 11.5 Å². The third-order valence-corrected chi connectivity index (χ3v) is 5.68. The molecule has 2 aromatic carbocycles. The quantitative estimate of drug-likeness (QED) is 0.739. The van der Waals surface area contributed by atoms with Gasteiger partial charge in [0.25, 0.3) is 0 Å². The summed E-state index contributed by atoms with van der Waals surface area (Å²) in [6.45, 7) is 9.80. The number of likely N-dealkylation sites (tertiary alicyclic amines) is 1. The van der Waals surface area contributed by atoms with Crippen LogP contribution in [0.25, 0.3) is 0 Å². The van der Waals surface area contributed by atoms with E-state index in [4.69, 9.17) is 9.73 Å². The first-order chi connectivity index (χ1) is 13.5. The van der Waals surface area contributed by atoms with E-state index in [0.29, 0.717) is 18.6 Å². The lowest BCUT2D eigenvalue weighted by Crippen LogP contribution is -2.41. The first-order valence-corrected chi connectivity index (χ1v) is 10.5. The summed E-state index contributed by atoms with van der Waals surface area (Å²) in [6.07, 6.45) is 2.05. The van der Waals surface area contributed by atoms with Crippen molar-refractivity contribution >= 4 is 5.90 Å².